The number of nitrogens with one attached hydrogen (secondary N) is 2. The Kier molecular flexibility index (Phi) is 9.12. The number of hydrogen-bond acceptors (Lipinski definition) is 5. The molecule has 2 atom stereocenters. The second-order valence-corrected chi connectivity index (χ2v) is 8.90. The van der Waals surface area contributed by atoms with Gasteiger partial charge >= 0.3 is 6.18 Å². The number of carbonyl (C=O) groups excluding carboxylic acids is 1. The molecule has 37 heavy (non-hydrogen) atoms. The van der Waals surface area contributed by atoms with Crippen LogP contribution >= 0.6 is 0 Å². The molecule has 3 rings (SSSR count). The number of amides is 1. The quantitative estimate of drug-likeness (QED) is 0.256. The highest BCUT2D eigenvalue weighted by Crippen LogP contribution is 2.32. The smallest absolute Gasteiger partial charge is 0.419 e. The summed E-state index contributed by atoms with van der Waals surface area (Å²) in [5.41, 5.74) is 0.789. The third kappa shape index (κ3) is 8.47. The Morgan fingerprint density at radius 2 is 1.62 bits per heavy atom. The molecule has 0 heterocycles. The number of aliphatic hydroxyl groups is 1. The summed E-state index contributed by atoms with van der Waals surface area (Å²) in [6.07, 6.45) is -5.16. The molecule has 0 bridgehead atoms. The maximum Gasteiger partial charge on any atom is 0.419 e. The number of aliphatic hydroxyl groups excluding tert-OH is 1. The molecule has 0 saturated carbocycles. The number of alkyl halides is 3. The van der Waals surface area contributed by atoms with Gasteiger partial charge < -0.3 is 26.0 Å². The van der Waals surface area contributed by atoms with Crippen LogP contribution in [0.1, 0.15) is 40.8 Å². The lowest BCUT2D eigenvalue weighted by Crippen LogP contribution is -2.32. The van der Waals surface area contributed by atoms with Crippen LogP contribution in [0.4, 0.5) is 17.6 Å². The van der Waals surface area contributed by atoms with Crippen LogP contribution in [0.25, 0.3) is 0 Å². The molecule has 0 unspecified atom stereocenters. The number of rotatable bonds is 10. The molecule has 6 nitrogen and oxygen atoms in total. The minimum Gasteiger partial charge on any atom is -0.508 e. The Hall–Kier alpha value is -3.63. The van der Waals surface area contributed by atoms with Crippen molar-refractivity contribution in [1.29, 1.82) is 0 Å². The predicted octanol–water partition coefficient (Wildman–Crippen LogP) is 4.37. The van der Waals surface area contributed by atoms with Crippen LogP contribution in [0.5, 0.6) is 11.5 Å². The molecule has 0 radical (unpaired) electrons. The van der Waals surface area contributed by atoms with Crippen LogP contribution in [0, 0.1) is 5.82 Å². The minimum absolute atomic E-state index is 0.0165. The summed E-state index contributed by atoms with van der Waals surface area (Å²) in [6, 6.07) is 13.8. The van der Waals surface area contributed by atoms with Gasteiger partial charge in [0.2, 0.25) is 5.91 Å². The maximum absolute atomic E-state index is 13.4. The number of benzene rings is 3. The lowest BCUT2D eigenvalue weighted by molar-refractivity contribution is -0.140. The monoisotopic (exact) mass is 520 g/mol. The SMILES string of the molecule is C[C@H](Cc1cccc(CC(=O)NCc2ccc(F)c(C(F)(F)F)c2)c1)NC[C@H](O)c1cc(O)cc(O)c1. The molecule has 5 N–H and O–H groups in total. The van der Waals surface area contributed by atoms with Gasteiger partial charge in [-0.2, -0.15) is 13.2 Å². The fourth-order valence-electron chi connectivity index (χ4n) is 3.88. The molecule has 3 aromatic carbocycles. The number of hydrogen-bond donors (Lipinski definition) is 5. The number of phenolic OH excluding ortho intramolecular Hbond substituents is 2. The lowest BCUT2D eigenvalue weighted by Gasteiger charge is -2.18. The van der Waals surface area contributed by atoms with Gasteiger partial charge in [-0.15, -0.1) is 0 Å². The van der Waals surface area contributed by atoms with Gasteiger partial charge in [-0.25, -0.2) is 4.39 Å². The van der Waals surface area contributed by atoms with Crippen molar-refractivity contribution in [2.45, 2.75) is 44.6 Å². The number of phenols is 2. The third-order valence-corrected chi connectivity index (χ3v) is 5.69. The summed E-state index contributed by atoms with van der Waals surface area (Å²) in [5.74, 6) is -2.05. The number of carbonyl (C=O) groups is 1. The van der Waals surface area contributed by atoms with Gasteiger partial charge in [-0.05, 0) is 59.9 Å². The Labute approximate surface area is 211 Å². The minimum atomic E-state index is -4.82. The zero-order valence-corrected chi connectivity index (χ0v) is 20.0. The van der Waals surface area contributed by atoms with E-state index in [9.17, 15) is 37.7 Å². The second kappa shape index (κ2) is 12.1. The van der Waals surface area contributed by atoms with Crippen molar-refractivity contribution < 1.29 is 37.7 Å². The molecule has 10 heteroatoms. The summed E-state index contributed by atoms with van der Waals surface area (Å²) in [4.78, 5) is 12.3. The van der Waals surface area contributed by atoms with Gasteiger partial charge in [0, 0.05) is 25.2 Å². The Balaban J connectivity index is 1.50. The zero-order chi connectivity index (χ0) is 27.2. The molecule has 198 valence electrons. The van der Waals surface area contributed by atoms with Gasteiger partial charge in [0.05, 0.1) is 18.1 Å². The highest BCUT2D eigenvalue weighted by molar-refractivity contribution is 5.78. The zero-order valence-electron chi connectivity index (χ0n) is 20.0. The van der Waals surface area contributed by atoms with Gasteiger partial charge in [0.15, 0.2) is 0 Å². The summed E-state index contributed by atoms with van der Waals surface area (Å²) in [5, 5.41) is 35.2. The highest BCUT2D eigenvalue weighted by Gasteiger charge is 2.34. The van der Waals surface area contributed by atoms with Crippen LogP contribution in [-0.2, 0) is 30.4 Å². The van der Waals surface area contributed by atoms with E-state index >= 15 is 0 Å². The third-order valence-electron chi connectivity index (χ3n) is 5.69. The van der Waals surface area contributed by atoms with Crippen molar-refractivity contribution in [2.24, 2.45) is 0 Å². The van der Waals surface area contributed by atoms with Crippen LogP contribution in [0.15, 0.2) is 60.7 Å². The van der Waals surface area contributed by atoms with E-state index in [0.717, 1.165) is 11.6 Å². The standard InChI is InChI=1S/C27H28F4N2O4/c1-16(32-15-25(36)20-11-21(34)13-22(35)12-20)7-17-3-2-4-18(8-17)10-26(37)33-14-19-5-6-24(28)23(9-19)27(29,30)31/h2-6,8-9,11-13,16,25,32,34-36H,7,10,14-15H2,1H3,(H,33,37)/t16-,25+/m1/s1. The Bertz CT molecular complexity index is 1210. The first-order valence-corrected chi connectivity index (χ1v) is 11.5. The van der Waals surface area contributed by atoms with Crippen molar-refractivity contribution in [3.8, 4) is 11.5 Å². The second-order valence-electron chi connectivity index (χ2n) is 8.90. The normalized spacial score (nSPS) is 13.2. The van der Waals surface area contributed by atoms with E-state index < -0.39 is 29.6 Å². The van der Waals surface area contributed by atoms with Gasteiger partial charge in [-0.3, -0.25) is 4.79 Å². The highest BCUT2D eigenvalue weighted by atomic mass is 19.4. The molecule has 0 spiro atoms. The van der Waals surface area contributed by atoms with Crippen molar-refractivity contribution in [3.05, 3.63) is 94.3 Å². The fourth-order valence-corrected chi connectivity index (χ4v) is 3.88. The Morgan fingerprint density at radius 1 is 0.946 bits per heavy atom. The topological polar surface area (TPSA) is 102 Å². The van der Waals surface area contributed by atoms with Crippen LogP contribution in [0.2, 0.25) is 0 Å². The van der Waals surface area contributed by atoms with E-state index in [0.29, 0.717) is 23.6 Å². The summed E-state index contributed by atoms with van der Waals surface area (Å²) < 4.78 is 52.1. The van der Waals surface area contributed by atoms with E-state index in [-0.39, 0.29) is 42.6 Å². The van der Waals surface area contributed by atoms with Crippen molar-refractivity contribution in [3.63, 3.8) is 0 Å². The molecule has 1 amide bonds. The molecule has 0 aromatic heterocycles. The van der Waals surface area contributed by atoms with Gasteiger partial charge in [0.1, 0.15) is 17.3 Å². The van der Waals surface area contributed by atoms with Crippen molar-refractivity contribution >= 4 is 5.91 Å². The first-order valence-electron chi connectivity index (χ1n) is 11.5. The largest absolute Gasteiger partial charge is 0.508 e. The lowest BCUT2D eigenvalue weighted by atomic mass is 10.0. The summed E-state index contributed by atoms with van der Waals surface area (Å²) in [6.45, 7) is 1.94. The molecule has 0 saturated heterocycles. The molecule has 0 aliphatic heterocycles. The van der Waals surface area contributed by atoms with Crippen LogP contribution in [0.3, 0.4) is 0 Å². The molecular weight excluding hydrogens is 492 g/mol. The number of aromatic hydroxyl groups is 2. The van der Waals surface area contributed by atoms with Crippen molar-refractivity contribution in [2.75, 3.05) is 6.54 Å². The van der Waals surface area contributed by atoms with Gasteiger partial charge in [0.25, 0.3) is 0 Å². The maximum atomic E-state index is 13.4. The molecule has 0 aliphatic rings. The average molecular weight is 521 g/mol. The predicted molar refractivity (Wildman–Crippen MR) is 129 cm³/mol. The summed E-state index contributed by atoms with van der Waals surface area (Å²) in [7, 11) is 0. The average Bonchev–Trinajstić information content (AvgIpc) is 2.81. The first-order chi connectivity index (χ1) is 17.4. The molecule has 0 aliphatic carbocycles. The molecular formula is C27H28F4N2O4. The first kappa shape index (κ1) is 27.9. The van der Waals surface area contributed by atoms with Crippen molar-refractivity contribution in [1.82, 2.24) is 10.6 Å². The summed E-state index contributed by atoms with van der Waals surface area (Å²) >= 11 is 0. The van der Waals surface area contributed by atoms with Gasteiger partial charge in [-0.1, -0.05) is 30.3 Å². The fraction of sp³-hybridized carbons (Fsp3) is 0.296. The number of halogens is 4. The van der Waals surface area contributed by atoms with E-state index in [2.05, 4.69) is 10.6 Å². The van der Waals surface area contributed by atoms with E-state index in [1.54, 1.807) is 12.1 Å². The van der Waals surface area contributed by atoms with E-state index in [1.165, 1.54) is 24.3 Å². The van der Waals surface area contributed by atoms with Crippen LogP contribution in [-0.4, -0.2) is 33.8 Å². The Morgan fingerprint density at radius 3 is 2.30 bits per heavy atom. The molecule has 3 aromatic rings. The van der Waals surface area contributed by atoms with E-state index in [4.69, 9.17) is 0 Å². The van der Waals surface area contributed by atoms with E-state index in [1.807, 2.05) is 19.1 Å². The van der Waals surface area contributed by atoms with Crippen LogP contribution < -0.4 is 10.6 Å². The molecule has 0 fully saturated rings.